The number of aromatic nitrogens is 2. The quantitative estimate of drug-likeness (QED) is 0.580. The molecule has 0 saturated heterocycles. The Balaban J connectivity index is 2.27. The number of aryl methyl sites for hydroxylation is 1. The number of nitrogens with one attached hydrogen (secondary N) is 2. The van der Waals surface area contributed by atoms with Crippen LogP contribution in [-0.2, 0) is 4.79 Å². The van der Waals surface area contributed by atoms with Gasteiger partial charge in [0.1, 0.15) is 11.4 Å². The summed E-state index contributed by atoms with van der Waals surface area (Å²) in [5.74, 6) is -1.45. The lowest BCUT2D eigenvalue weighted by molar-refractivity contribution is -0.141. The molecule has 1 aliphatic rings. The maximum atomic E-state index is 12.1. The van der Waals surface area contributed by atoms with Crippen LogP contribution in [0.2, 0.25) is 0 Å². The number of aromatic amines is 1. The van der Waals surface area contributed by atoms with Crippen LogP contribution in [0, 0.1) is 6.92 Å². The largest absolute Gasteiger partial charge is 0.480 e. The van der Waals surface area contributed by atoms with Crippen molar-refractivity contribution in [3.63, 3.8) is 0 Å². The Morgan fingerprint density at radius 2 is 2.05 bits per heavy atom. The number of nitrogens with zero attached hydrogens (tertiary/aromatic N) is 1. The number of carboxylic acids is 1. The number of aliphatic hydroxyl groups excluding tert-OH is 1. The van der Waals surface area contributed by atoms with Crippen molar-refractivity contribution >= 4 is 11.9 Å². The van der Waals surface area contributed by atoms with E-state index in [1.54, 1.807) is 0 Å². The van der Waals surface area contributed by atoms with E-state index in [4.69, 9.17) is 5.11 Å². The second-order valence-electron chi connectivity index (χ2n) is 5.22. The van der Waals surface area contributed by atoms with Gasteiger partial charge >= 0.3 is 5.97 Å². The van der Waals surface area contributed by atoms with Crippen LogP contribution in [0.25, 0.3) is 0 Å². The van der Waals surface area contributed by atoms with Gasteiger partial charge in [0.2, 0.25) is 0 Å². The van der Waals surface area contributed by atoms with Crippen molar-refractivity contribution in [1.82, 2.24) is 15.3 Å². The van der Waals surface area contributed by atoms with Crippen LogP contribution in [0.4, 0.5) is 0 Å². The molecule has 2 atom stereocenters. The van der Waals surface area contributed by atoms with Crippen molar-refractivity contribution in [3.05, 3.63) is 27.4 Å². The highest BCUT2D eigenvalue weighted by Gasteiger charge is 2.30. The highest BCUT2D eigenvalue weighted by molar-refractivity contribution is 5.97. The number of hydrogen-bond donors (Lipinski definition) is 4. The molecule has 1 heterocycles. The molecule has 114 valence electrons. The van der Waals surface area contributed by atoms with Gasteiger partial charge in [-0.05, 0) is 26.7 Å². The summed E-state index contributed by atoms with van der Waals surface area (Å²) in [5, 5.41) is 20.4. The highest BCUT2D eigenvalue weighted by Crippen LogP contribution is 2.37. The first-order valence-corrected chi connectivity index (χ1v) is 6.63. The smallest absolute Gasteiger partial charge is 0.328 e. The van der Waals surface area contributed by atoms with Crippen LogP contribution >= 0.6 is 0 Å². The van der Waals surface area contributed by atoms with Crippen LogP contribution in [0.1, 0.15) is 47.6 Å². The summed E-state index contributed by atoms with van der Waals surface area (Å²) in [6, 6.07) is -1.49. The molecule has 0 spiro atoms. The van der Waals surface area contributed by atoms with E-state index in [0.29, 0.717) is 5.82 Å². The molecule has 0 aromatic carbocycles. The normalized spacial score (nSPS) is 17.1. The third-order valence-corrected chi connectivity index (χ3v) is 3.34. The van der Waals surface area contributed by atoms with Crippen molar-refractivity contribution in [2.75, 3.05) is 0 Å². The van der Waals surface area contributed by atoms with Gasteiger partial charge in [-0.15, -0.1) is 0 Å². The molecule has 1 amide bonds. The van der Waals surface area contributed by atoms with Gasteiger partial charge in [-0.1, -0.05) is 0 Å². The minimum atomic E-state index is -1.49. The maximum absolute atomic E-state index is 12.1. The zero-order valence-electron chi connectivity index (χ0n) is 11.7. The van der Waals surface area contributed by atoms with Gasteiger partial charge in [-0.25, -0.2) is 9.78 Å². The average Bonchev–Trinajstić information content (AvgIpc) is 3.18. The Hall–Kier alpha value is -2.22. The molecule has 1 aromatic rings. The summed E-state index contributed by atoms with van der Waals surface area (Å²) in [4.78, 5) is 41.7. The fraction of sp³-hybridized carbons (Fsp3) is 0.538. The summed E-state index contributed by atoms with van der Waals surface area (Å²) < 4.78 is 0. The Labute approximate surface area is 120 Å². The first kappa shape index (κ1) is 15.2. The van der Waals surface area contributed by atoms with Crippen molar-refractivity contribution in [2.45, 2.75) is 44.8 Å². The zero-order chi connectivity index (χ0) is 15.7. The first-order valence-electron chi connectivity index (χ1n) is 6.63. The van der Waals surface area contributed by atoms with Crippen LogP contribution in [0.5, 0.6) is 0 Å². The molecular weight excluding hydrogens is 278 g/mol. The lowest BCUT2D eigenvalue weighted by Gasteiger charge is -2.17. The van der Waals surface area contributed by atoms with E-state index in [1.165, 1.54) is 13.8 Å². The number of aliphatic hydroxyl groups is 1. The van der Waals surface area contributed by atoms with E-state index in [1.807, 2.05) is 0 Å². The first-order chi connectivity index (χ1) is 9.81. The molecule has 0 unspecified atom stereocenters. The molecule has 8 nitrogen and oxygen atoms in total. The zero-order valence-corrected chi connectivity index (χ0v) is 11.7. The molecule has 0 aliphatic heterocycles. The number of carbonyl (C=O) groups is 2. The van der Waals surface area contributed by atoms with Gasteiger partial charge in [0.25, 0.3) is 11.5 Å². The fourth-order valence-electron chi connectivity index (χ4n) is 2.03. The summed E-state index contributed by atoms with van der Waals surface area (Å²) in [5.41, 5.74) is -0.587. The summed E-state index contributed by atoms with van der Waals surface area (Å²) in [6.07, 6.45) is 0.623. The molecule has 2 rings (SSSR count). The van der Waals surface area contributed by atoms with E-state index in [-0.39, 0.29) is 17.2 Å². The SMILES string of the molecule is Cc1nc(C2CC2)[nH]c(=O)c1C(=O)N[C@H](C(=O)O)[C@@H](C)O. The second kappa shape index (κ2) is 5.65. The summed E-state index contributed by atoms with van der Waals surface area (Å²) >= 11 is 0. The Morgan fingerprint density at radius 1 is 1.43 bits per heavy atom. The van der Waals surface area contributed by atoms with Crippen LogP contribution < -0.4 is 10.9 Å². The van der Waals surface area contributed by atoms with Gasteiger partial charge in [-0.3, -0.25) is 9.59 Å². The lowest BCUT2D eigenvalue weighted by Crippen LogP contribution is -2.49. The molecule has 4 N–H and O–H groups in total. The molecule has 1 aliphatic carbocycles. The van der Waals surface area contributed by atoms with Gasteiger partial charge in [-0.2, -0.15) is 0 Å². The Bertz CT molecular complexity index is 633. The number of hydrogen-bond acceptors (Lipinski definition) is 5. The van der Waals surface area contributed by atoms with Crippen molar-refractivity contribution in [1.29, 1.82) is 0 Å². The van der Waals surface area contributed by atoms with Crippen LogP contribution in [0.15, 0.2) is 4.79 Å². The van der Waals surface area contributed by atoms with E-state index in [0.717, 1.165) is 12.8 Å². The number of H-pyrrole nitrogens is 1. The topological polar surface area (TPSA) is 132 Å². The molecule has 0 bridgehead atoms. The van der Waals surface area contributed by atoms with E-state index in [2.05, 4.69) is 15.3 Å². The fourth-order valence-corrected chi connectivity index (χ4v) is 2.03. The van der Waals surface area contributed by atoms with Crippen LogP contribution in [-0.4, -0.2) is 44.2 Å². The van der Waals surface area contributed by atoms with Crippen LogP contribution in [0.3, 0.4) is 0 Å². The van der Waals surface area contributed by atoms with Gasteiger partial charge in [0, 0.05) is 5.92 Å². The third-order valence-electron chi connectivity index (χ3n) is 3.34. The van der Waals surface area contributed by atoms with Gasteiger partial charge in [0.05, 0.1) is 11.8 Å². The number of carbonyl (C=O) groups excluding carboxylic acids is 1. The predicted octanol–water partition coefficient (Wildman–Crippen LogP) is -0.480. The van der Waals surface area contributed by atoms with E-state index >= 15 is 0 Å². The monoisotopic (exact) mass is 295 g/mol. The third kappa shape index (κ3) is 3.27. The minimum Gasteiger partial charge on any atom is -0.480 e. The summed E-state index contributed by atoms with van der Waals surface area (Å²) in [7, 11) is 0. The number of carboxylic acid groups (broad SMARTS) is 1. The lowest BCUT2D eigenvalue weighted by atomic mass is 10.1. The average molecular weight is 295 g/mol. The van der Waals surface area contributed by atoms with Crippen molar-refractivity contribution < 1.29 is 19.8 Å². The van der Waals surface area contributed by atoms with Crippen molar-refractivity contribution in [2.24, 2.45) is 0 Å². The van der Waals surface area contributed by atoms with E-state index < -0.39 is 29.6 Å². The van der Waals surface area contributed by atoms with Gasteiger partial charge < -0.3 is 20.5 Å². The molecule has 1 saturated carbocycles. The minimum absolute atomic E-state index is 0.230. The predicted molar refractivity (Wildman–Crippen MR) is 72.1 cm³/mol. The van der Waals surface area contributed by atoms with Crippen molar-refractivity contribution in [3.8, 4) is 0 Å². The van der Waals surface area contributed by atoms with E-state index in [9.17, 15) is 19.5 Å². The molecular formula is C13H17N3O5. The number of rotatable bonds is 5. The molecule has 8 heteroatoms. The Morgan fingerprint density at radius 3 is 2.48 bits per heavy atom. The molecule has 1 fully saturated rings. The molecule has 21 heavy (non-hydrogen) atoms. The standard InChI is InChI=1S/C13H17N3O5/c1-5-8(11(18)15-9(6(2)17)13(20)21)12(19)16-10(14-5)7-3-4-7/h6-7,9,17H,3-4H2,1-2H3,(H,15,18)(H,20,21)(H,14,16,19)/t6-,9+/m1/s1. The second-order valence-corrected chi connectivity index (χ2v) is 5.22. The Kier molecular flexibility index (Phi) is 4.08. The molecule has 1 aromatic heterocycles. The highest BCUT2D eigenvalue weighted by atomic mass is 16.4. The summed E-state index contributed by atoms with van der Waals surface area (Å²) in [6.45, 7) is 2.76. The number of amides is 1. The maximum Gasteiger partial charge on any atom is 0.328 e. The molecule has 0 radical (unpaired) electrons. The number of aliphatic carboxylic acids is 1. The van der Waals surface area contributed by atoms with Gasteiger partial charge in [0.15, 0.2) is 6.04 Å².